The Bertz CT molecular complexity index is 521. The van der Waals surface area contributed by atoms with E-state index in [-0.39, 0.29) is 24.1 Å². The minimum Gasteiger partial charge on any atom is -0.376 e. The van der Waals surface area contributed by atoms with Crippen molar-refractivity contribution >= 4 is 11.7 Å². The molecule has 1 amide bonds. The van der Waals surface area contributed by atoms with Gasteiger partial charge in [-0.1, -0.05) is 0 Å². The summed E-state index contributed by atoms with van der Waals surface area (Å²) in [6, 6.07) is 3.95. The van der Waals surface area contributed by atoms with E-state index >= 15 is 0 Å². The molecule has 2 aliphatic heterocycles. The van der Waals surface area contributed by atoms with Crippen LogP contribution in [0.25, 0.3) is 0 Å². The van der Waals surface area contributed by atoms with E-state index in [0.29, 0.717) is 6.54 Å². The molecule has 0 aromatic carbocycles. The van der Waals surface area contributed by atoms with Gasteiger partial charge >= 0.3 is 0 Å². The molecule has 0 radical (unpaired) electrons. The van der Waals surface area contributed by atoms with E-state index in [1.54, 1.807) is 6.20 Å². The molecule has 7 nitrogen and oxygen atoms in total. The minimum atomic E-state index is -0.210. The molecule has 0 spiro atoms. The molecule has 2 N–H and O–H groups in total. The SMILES string of the molecule is CC(NC1CCCN(c2cccnn2)C1)C(=O)NCC1CCCO1. The highest BCUT2D eigenvalue weighted by Crippen LogP contribution is 2.17. The number of nitrogens with one attached hydrogen (secondary N) is 2. The van der Waals surface area contributed by atoms with Gasteiger partial charge in [0.05, 0.1) is 12.1 Å². The molecule has 1 aromatic heterocycles. The van der Waals surface area contributed by atoms with Gasteiger partial charge in [0.1, 0.15) is 0 Å². The van der Waals surface area contributed by atoms with Crippen molar-refractivity contribution in [3.8, 4) is 0 Å². The molecule has 3 atom stereocenters. The maximum absolute atomic E-state index is 12.3. The van der Waals surface area contributed by atoms with Gasteiger partial charge in [-0.15, -0.1) is 5.10 Å². The third-order valence-corrected chi connectivity index (χ3v) is 4.71. The van der Waals surface area contributed by atoms with Crippen molar-refractivity contribution in [1.82, 2.24) is 20.8 Å². The van der Waals surface area contributed by atoms with Crippen LogP contribution in [0.4, 0.5) is 5.82 Å². The van der Waals surface area contributed by atoms with E-state index in [4.69, 9.17) is 4.74 Å². The predicted molar refractivity (Wildman–Crippen MR) is 91.8 cm³/mol. The van der Waals surface area contributed by atoms with Crippen molar-refractivity contribution in [1.29, 1.82) is 0 Å². The van der Waals surface area contributed by atoms with Crippen LogP contribution in [0.5, 0.6) is 0 Å². The van der Waals surface area contributed by atoms with Gasteiger partial charge in [-0.05, 0) is 44.7 Å². The molecule has 132 valence electrons. The summed E-state index contributed by atoms with van der Waals surface area (Å²) in [4.78, 5) is 14.5. The fourth-order valence-corrected chi connectivity index (χ4v) is 3.39. The van der Waals surface area contributed by atoms with Crippen molar-refractivity contribution in [2.24, 2.45) is 0 Å². The second kappa shape index (κ2) is 8.39. The molecule has 7 heteroatoms. The summed E-state index contributed by atoms with van der Waals surface area (Å²) in [6.45, 7) is 5.18. The lowest BCUT2D eigenvalue weighted by molar-refractivity contribution is -0.123. The molecule has 3 heterocycles. The van der Waals surface area contributed by atoms with Gasteiger partial charge < -0.3 is 20.3 Å². The van der Waals surface area contributed by atoms with Crippen LogP contribution in [-0.2, 0) is 9.53 Å². The first-order valence-corrected chi connectivity index (χ1v) is 8.90. The van der Waals surface area contributed by atoms with Crippen LogP contribution in [0.15, 0.2) is 18.3 Å². The summed E-state index contributed by atoms with van der Waals surface area (Å²) in [5.74, 6) is 0.946. The molecule has 24 heavy (non-hydrogen) atoms. The average molecular weight is 333 g/mol. The maximum atomic E-state index is 12.3. The summed E-state index contributed by atoms with van der Waals surface area (Å²) in [7, 11) is 0. The van der Waals surface area contributed by atoms with Gasteiger partial charge in [-0.25, -0.2) is 0 Å². The zero-order valence-electron chi connectivity index (χ0n) is 14.3. The van der Waals surface area contributed by atoms with Gasteiger partial charge in [0.25, 0.3) is 0 Å². The van der Waals surface area contributed by atoms with Crippen molar-refractivity contribution in [2.45, 2.75) is 50.8 Å². The van der Waals surface area contributed by atoms with Crippen molar-refractivity contribution in [3.05, 3.63) is 18.3 Å². The molecule has 0 aliphatic carbocycles. The number of piperidine rings is 1. The molecule has 1 aromatic rings. The van der Waals surface area contributed by atoms with Crippen LogP contribution in [0, 0.1) is 0 Å². The Labute approximate surface area is 143 Å². The summed E-state index contributed by atoms with van der Waals surface area (Å²) in [5.41, 5.74) is 0. The standard InChI is InChI=1S/C17H27N5O2/c1-13(17(23)18-11-15-6-4-10-24-15)20-14-5-3-9-22(12-14)16-7-2-8-19-21-16/h2,7-8,13-15,20H,3-6,9-12H2,1H3,(H,18,23). The number of carbonyl (C=O) groups excluding carboxylic acids is 1. The lowest BCUT2D eigenvalue weighted by atomic mass is 10.0. The monoisotopic (exact) mass is 333 g/mol. The predicted octanol–water partition coefficient (Wildman–Crippen LogP) is 0.719. The number of ether oxygens (including phenoxy) is 1. The highest BCUT2D eigenvalue weighted by atomic mass is 16.5. The van der Waals surface area contributed by atoms with Crippen LogP contribution in [0.1, 0.15) is 32.6 Å². The first-order chi connectivity index (χ1) is 11.7. The van der Waals surface area contributed by atoms with E-state index in [0.717, 1.165) is 51.2 Å². The lowest BCUT2D eigenvalue weighted by Gasteiger charge is -2.35. The molecule has 0 bridgehead atoms. The molecule has 2 saturated heterocycles. The third kappa shape index (κ3) is 4.64. The number of anilines is 1. The number of hydrogen-bond acceptors (Lipinski definition) is 6. The van der Waals surface area contributed by atoms with Crippen LogP contribution in [-0.4, -0.2) is 60.5 Å². The Morgan fingerprint density at radius 2 is 2.38 bits per heavy atom. The molecule has 3 unspecified atom stereocenters. The average Bonchev–Trinajstić information content (AvgIpc) is 3.14. The second-order valence-corrected chi connectivity index (χ2v) is 6.64. The minimum absolute atomic E-state index is 0.0436. The largest absolute Gasteiger partial charge is 0.376 e. The summed E-state index contributed by atoms with van der Waals surface area (Å²) < 4.78 is 5.54. The van der Waals surface area contributed by atoms with Gasteiger partial charge in [0.15, 0.2) is 5.82 Å². The molecular formula is C17H27N5O2. The fraction of sp³-hybridized carbons (Fsp3) is 0.706. The zero-order valence-corrected chi connectivity index (χ0v) is 14.3. The third-order valence-electron chi connectivity index (χ3n) is 4.71. The molecule has 2 fully saturated rings. The van der Waals surface area contributed by atoms with Gasteiger partial charge in [0.2, 0.25) is 5.91 Å². The Morgan fingerprint density at radius 3 is 3.12 bits per heavy atom. The number of hydrogen-bond donors (Lipinski definition) is 2. The van der Waals surface area contributed by atoms with Crippen molar-refractivity contribution in [3.63, 3.8) is 0 Å². The lowest BCUT2D eigenvalue weighted by Crippen LogP contribution is -2.53. The molecule has 3 rings (SSSR count). The Kier molecular flexibility index (Phi) is 5.98. The van der Waals surface area contributed by atoms with Crippen molar-refractivity contribution < 1.29 is 9.53 Å². The Morgan fingerprint density at radius 1 is 1.46 bits per heavy atom. The van der Waals surface area contributed by atoms with E-state index in [2.05, 4.69) is 25.7 Å². The maximum Gasteiger partial charge on any atom is 0.236 e. The van der Waals surface area contributed by atoms with E-state index in [1.165, 1.54) is 0 Å². The quantitative estimate of drug-likeness (QED) is 0.799. The number of aromatic nitrogens is 2. The Balaban J connectivity index is 1.44. The first-order valence-electron chi connectivity index (χ1n) is 8.90. The molecular weight excluding hydrogens is 306 g/mol. The highest BCUT2D eigenvalue weighted by Gasteiger charge is 2.25. The topological polar surface area (TPSA) is 79.4 Å². The highest BCUT2D eigenvalue weighted by molar-refractivity contribution is 5.81. The second-order valence-electron chi connectivity index (χ2n) is 6.64. The fourth-order valence-electron chi connectivity index (χ4n) is 3.39. The van der Waals surface area contributed by atoms with Crippen LogP contribution in [0.2, 0.25) is 0 Å². The summed E-state index contributed by atoms with van der Waals surface area (Å²) in [5, 5.41) is 14.6. The van der Waals surface area contributed by atoms with E-state index < -0.39 is 0 Å². The van der Waals surface area contributed by atoms with Crippen LogP contribution in [0.3, 0.4) is 0 Å². The van der Waals surface area contributed by atoms with Gasteiger partial charge in [-0.2, -0.15) is 5.10 Å². The van der Waals surface area contributed by atoms with Gasteiger partial charge in [-0.3, -0.25) is 4.79 Å². The molecule has 2 aliphatic rings. The van der Waals surface area contributed by atoms with E-state index in [9.17, 15) is 4.79 Å². The number of rotatable bonds is 6. The molecule has 0 saturated carbocycles. The summed E-state index contributed by atoms with van der Waals surface area (Å²) in [6.07, 6.45) is 6.15. The van der Waals surface area contributed by atoms with Crippen LogP contribution >= 0.6 is 0 Å². The Hall–Kier alpha value is -1.73. The van der Waals surface area contributed by atoms with Gasteiger partial charge in [0, 0.05) is 38.5 Å². The van der Waals surface area contributed by atoms with Crippen LogP contribution < -0.4 is 15.5 Å². The van der Waals surface area contributed by atoms with E-state index in [1.807, 2.05) is 19.1 Å². The smallest absolute Gasteiger partial charge is 0.236 e. The summed E-state index contributed by atoms with van der Waals surface area (Å²) >= 11 is 0. The normalized spacial score (nSPS) is 25.5. The number of amides is 1. The first kappa shape index (κ1) is 17.1. The van der Waals surface area contributed by atoms with Crippen molar-refractivity contribution in [2.75, 3.05) is 31.1 Å². The number of carbonyl (C=O) groups is 1. The zero-order chi connectivity index (χ0) is 16.8. The number of nitrogens with zero attached hydrogens (tertiary/aromatic N) is 3.